The second-order valence-corrected chi connectivity index (χ2v) is 9.65. The molecule has 0 bridgehead atoms. The summed E-state index contributed by atoms with van der Waals surface area (Å²) in [6, 6.07) is 21.4. The molecule has 0 fully saturated rings. The van der Waals surface area contributed by atoms with Crippen molar-refractivity contribution in [2.24, 2.45) is 5.92 Å². The Bertz CT molecular complexity index is 1360. The average molecular weight is 500 g/mol. The van der Waals surface area contributed by atoms with Gasteiger partial charge in [0.25, 0.3) is 5.91 Å². The van der Waals surface area contributed by atoms with Crippen LogP contribution < -0.4 is 9.47 Å². The zero-order chi connectivity index (χ0) is 25.9. The molecule has 190 valence electrons. The first-order chi connectivity index (χ1) is 17.9. The number of aromatic nitrogens is 2. The van der Waals surface area contributed by atoms with Crippen molar-refractivity contribution in [2.45, 2.75) is 32.9 Å². The number of carbonyl (C=O) groups excluding carboxylic acids is 1. The molecule has 1 unspecified atom stereocenters. The fourth-order valence-electron chi connectivity index (χ4n) is 4.62. The molecule has 0 saturated carbocycles. The zero-order valence-corrected chi connectivity index (χ0v) is 21.2. The molecule has 1 N–H and O–H groups in total. The summed E-state index contributed by atoms with van der Waals surface area (Å²) in [7, 11) is 1.62. The third-order valence-electron chi connectivity index (χ3n) is 6.65. The standard InChI is InChI=1S/C30H30FN3O3/c1-19(2)16-17-37-25-14-8-22(9-15-25)29-26-27(21-6-12-24(36-3)13-7-21)32-33-28(26)30(35)34(29)18-20-4-10-23(31)11-5-20/h4-15,19,29H,16-18H2,1-3H3,(H,32,33). The van der Waals surface area contributed by atoms with Crippen molar-refractivity contribution in [1.29, 1.82) is 0 Å². The molecule has 0 aliphatic carbocycles. The topological polar surface area (TPSA) is 67.5 Å². The molecular formula is C30H30FN3O3. The first-order valence-electron chi connectivity index (χ1n) is 12.5. The van der Waals surface area contributed by atoms with Crippen LogP contribution in [0.2, 0.25) is 0 Å². The lowest BCUT2D eigenvalue weighted by atomic mass is 9.95. The molecule has 1 amide bonds. The summed E-state index contributed by atoms with van der Waals surface area (Å²) in [5, 5.41) is 7.51. The van der Waals surface area contributed by atoms with Gasteiger partial charge in [-0.2, -0.15) is 5.10 Å². The predicted octanol–water partition coefficient (Wildman–Crippen LogP) is 6.39. The number of hydrogen-bond donors (Lipinski definition) is 1. The van der Waals surface area contributed by atoms with Crippen molar-refractivity contribution in [3.05, 3.63) is 101 Å². The number of amides is 1. The van der Waals surface area contributed by atoms with Gasteiger partial charge in [-0.25, -0.2) is 4.39 Å². The Hall–Kier alpha value is -4.13. The summed E-state index contributed by atoms with van der Waals surface area (Å²) >= 11 is 0. The number of nitrogens with zero attached hydrogens (tertiary/aromatic N) is 2. The van der Waals surface area contributed by atoms with E-state index < -0.39 is 0 Å². The lowest BCUT2D eigenvalue weighted by molar-refractivity contribution is 0.0730. The maximum Gasteiger partial charge on any atom is 0.273 e. The lowest BCUT2D eigenvalue weighted by Crippen LogP contribution is -2.29. The van der Waals surface area contributed by atoms with Gasteiger partial charge in [-0.1, -0.05) is 38.1 Å². The molecule has 2 heterocycles. The molecule has 1 aliphatic rings. The molecule has 6 nitrogen and oxygen atoms in total. The van der Waals surface area contributed by atoms with Gasteiger partial charge in [-0.3, -0.25) is 9.89 Å². The van der Waals surface area contributed by atoms with Gasteiger partial charge in [0.1, 0.15) is 23.0 Å². The molecule has 1 aromatic heterocycles. The van der Waals surface area contributed by atoms with Crippen molar-refractivity contribution in [1.82, 2.24) is 15.1 Å². The maximum atomic E-state index is 13.6. The molecule has 4 aromatic rings. The van der Waals surface area contributed by atoms with Crippen LogP contribution in [0.3, 0.4) is 0 Å². The molecule has 0 saturated heterocycles. The van der Waals surface area contributed by atoms with E-state index in [-0.39, 0.29) is 17.8 Å². The number of methoxy groups -OCH3 is 1. The van der Waals surface area contributed by atoms with Gasteiger partial charge in [0.2, 0.25) is 0 Å². The van der Waals surface area contributed by atoms with Crippen molar-refractivity contribution in [2.75, 3.05) is 13.7 Å². The van der Waals surface area contributed by atoms with E-state index in [9.17, 15) is 9.18 Å². The third kappa shape index (κ3) is 5.07. The minimum atomic E-state index is -0.367. The van der Waals surface area contributed by atoms with Crippen LogP contribution in [0.25, 0.3) is 11.3 Å². The highest BCUT2D eigenvalue weighted by atomic mass is 19.1. The van der Waals surface area contributed by atoms with Crippen molar-refractivity contribution < 1.29 is 18.7 Å². The number of fused-ring (bicyclic) bond motifs is 1. The number of ether oxygens (including phenoxy) is 2. The van der Waals surface area contributed by atoms with Gasteiger partial charge < -0.3 is 14.4 Å². The molecule has 1 atom stereocenters. The number of nitrogens with one attached hydrogen (secondary N) is 1. The number of halogens is 1. The highest BCUT2D eigenvalue weighted by Crippen LogP contribution is 2.44. The van der Waals surface area contributed by atoms with E-state index >= 15 is 0 Å². The predicted molar refractivity (Wildman–Crippen MR) is 140 cm³/mol. The quantitative estimate of drug-likeness (QED) is 0.290. The molecular weight excluding hydrogens is 469 g/mol. The zero-order valence-electron chi connectivity index (χ0n) is 21.2. The highest BCUT2D eigenvalue weighted by molar-refractivity contribution is 6.00. The second kappa shape index (κ2) is 10.5. The number of rotatable bonds is 9. The Morgan fingerprint density at radius 1 is 0.973 bits per heavy atom. The van der Waals surface area contributed by atoms with Crippen molar-refractivity contribution in [3.63, 3.8) is 0 Å². The van der Waals surface area contributed by atoms with Gasteiger partial charge in [-0.05, 0) is 72.0 Å². The van der Waals surface area contributed by atoms with Crippen molar-refractivity contribution >= 4 is 5.91 Å². The number of H-pyrrole nitrogens is 1. The first-order valence-corrected chi connectivity index (χ1v) is 12.5. The highest BCUT2D eigenvalue weighted by Gasteiger charge is 2.42. The van der Waals surface area contributed by atoms with E-state index in [0.29, 0.717) is 24.8 Å². The van der Waals surface area contributed by atoms with Crippen LogP contribution in [-0.4, -0.2) is 34.7 Å². The van der Waals surface area contributed by atoms with Crippen molar-refractivity contribution in [3.8, 4) is 22.8 Å². The van der Waals surface area contributed by atoms with E-state index in [2.05, 4.69) is 24.0 Å². The molecule has 1 aliphatic heterocycles. The van der Waals surface area contributed by atoms with E-state index in [1.165, 1.54) is 12.1 Å². The summed E-state index contributed by atoms with van der Waals surface area (Å²) in [4.78, 5) is 15.4. The number of carbonyl (C=O) groups is 1. The van der Waals surface area contributed by atoms with Gasteiger partial charge in [0.05, 0.1) is 25.5 Å². The number of hydrogen-bond acceptors (Lipinski definition) is 4. The largest absolute Gasteiger partial charge is 0.497 e. The maximum absolute atomic E-state index is 13.6. The van der Waals surface area contributed by atoms with Gasteiger partial charge in [0, 0.05) is 17.7 Å². The second-order valence-electron chi connectivity index (χ2n) is 9.65. The van der Waals surface area contributed by atoms with E-state index in [1.54, 1.807) is 24.1 Å². The smallest absolute Gasteiger partial charge is 0.273 e. The Kier molecular flexibility index (Phi) is 6.95. The SMILES string of the molecule is COc1ccc(-c2n[nH]c3c2C(c2ccc(OCCC(C)C)cc2)N(Cc2ccc(F)cc2)C3=O)cc1. The first kappa shape index (κ1) is 24.6. The van der Waals surface area contributed by atoms with Crippen LogP contribution in [0, 0.1) is 11.7 Å². The summed E-state index contributed by atoms with van der Waals surface area (Å²) in [5.41, 5.74) is 4.68. The molecule has 0 spiro atoms. The monoisotopic (exact) mass is 499 g/mol. The minimum Gasteiger partial charge on any atom is -0.497 e. The van der Waals surface area contributed by atoms with Crippen LogP contribution >= 0.6 is 0 Å². The van der Waals surface area contributed by atoms with Crippen LogP contribution in [0.15, 0.2) is 72.8 Å². The van der Waals surface area contributed by atoms with Gasteiger partial charge in [0.15, 0.2) is 0 Å². The van der Waals surface area contributed by atoms with E-state index in [0.717, 1.165) is 45.9 Å². The number of aromatic amines is 1. The summed E-state index contributed by atoms with van der Waals surface area (Å²) in [5.74, 6) is 1.65. The summed E-state index contributed by atoms with van der Waals surface area (Å²) in [6.07, 6.45) is 0.980. The fourth-order valence-corrected chi connectivity index (χ4v) is 4.62. The minimum absolute atomic E-state index is 0.145. The van der Waals surface area contributed by atoms with Crippen LogP contribution in [0.5, 0.6) is 11.5 Å². The lowest BCUT2D eigenvalue weighted by Gasteiger charge is -2.26. The average Bonchev–Trinajstić information content (AvgIpc) is 3.45. The fraction of sp³-hybridized carbons (Fsp3) is 0.267. The van der Waals surface area contributed by atoms with Crippen LogP contribution in [0.4, 0.5) is 4.39 Å². The number of benzene rings is 3. The Morgan fingerprint density at radius 3 is 2.30 bits per heavy atom. The molecule has 7 heteroatoms. The van der Waals surface area contributed by atoms with E-state index in [1.807, 2.05) is 48.5 Å². The molecule has 5 rings (SSSR count). The third-order valence-corrected chi connectivity index (χ3v) is 6.65. The van der Waals surface area contributed by atoms with Crippen LogP contribution in [-0.2, 0) is 6.54 Å². The normalized spacial score (nSPS) is 14.8. The van der Waals surface area contributed by atoms with E-state index in [4.69, 9.17) is 9.47 Å². The Labute approximate surface area is 216 Å². The Morgan fingerprint density at radius 2 is 1.65 bits per heavy atom. The molecule has 3 aromatic carbocycles. The summed E-state index contributed by atoms with van der Waals surface area (Å²) < 4.78 is 24.7. The van der Waals surface area contributed by atoms with Gasteiger partial charge in [-0.15, -0.1) is 0 Å². The summed E-state index contributed by atoms with van der Waals surface area (Å²) in [6.45, 7) is 5.33. The molecule has 37 heavy (non-hydrogen) atoms. The Balaban J connectivity index is 1.52. The van der Waals surface area contributed by atoms with Gasteiger partial charge >= 0.3 is 0 Å². The van der Waals surface area contributed by atoms with Crippen LogP contribution in [0.1, 0.15) is 53.5 Å². The molecule has 0 radical (unpaired) electrons.